The quantitative estimate of drug-likeness (QED) is 0.810. The van der Waals surface area contributed by atoms with E-state index in [2.05, 4.69) is 4.90 Å². The van der Waals surface area contributed by atoms with Gasteiger partial charge in [-0.15, -0.1) is 0 Å². The summed E-state index contributed by atoms with van der Waals surface area (Å²) in [5.74, 6) is 0. The molecule has 0 aliphatic carbocycles. The van der Waals surface area contributed by atoms with Crippen LogP contribution in [0.15, 0.2) is 23.1 Å². The Hall–Kier alpha value is -0.370. The number of hydrogen-bond acceptors (Lipinski definition) is 4. The van der Waals surface area contributed by atoms with Gasteiger partial charge in [0.1, 0.15) is 0 Å². The van der Waals surface area contributed by atoms with Crippen LogP contribution in [-0.4, -0.2) is 63.1 Å². The van der Waals surface area contributed by atoms with Crippen molar-refractivity contribution in [3.8, 4) is 0 Å². The Bertz CT molecular complexity index is 655. The topological polar surface area (TPSA) is 49.9 Å². The molecule has 0 bridgehead atoms. The molecule has 2 saturated heterocycles. The fraction of sp³-hybridized carbons (Fsp3) is 0.600. The molecular formula is C15H20Cl2N2O3S. The number of piperazine rings is 1. The van der Waals surface area contributed by atoms with Crippen molar-refractivity contribution in [2.75, 3.05) is 39.4 Å². The first-order chi connectivity index (χ1) is 11.0. The van der Waals surface area contributed by atoms with E-state index >= 15 is 0 Å². The highest BCUT2D eigenvalue weighted by atomic mass is 35.5. The number of benzene rings is 1. The second kappa shape index (κ2) is 7.25. The lowest BCUT2D eigenvalue weighted by Gasteiger charge is -2.40. The van der Waals surface area contributed by atoms with Gasteiger partial charge in [-0.25, -0.2) is 8.42 Å². The minimum absolute atomic E-state index is 0.200. The van der Waals surface area contributed by atoms with Crippen LogP contribution in [0.4, 0.5) is 0 Å². The first-order valence-electron chi connectivity index (χ1n) is 7.75. The highest BCUT2D eigenvalue weighted by Gasteiger charge is 2.31. The van der Waals surface area contributed by atoms with Gasteiger partial charge < -0.3 is 4.74 Å². The van der Waals surface area contributed by atoms with E-state index in [0.717, 1.165) is 39.1 Å². The van der Waals surface area contributed by atoms with Gasteiger partial charge in [0.05, 0.1) is 14.9 Å². The van der Waals surface area contributed by atoms with E-state index in [1.54, 1.807) is 0 Å². The molecule has 2 aliphatic heterocycles. The molecule has 0 atom stereocenters. The highest BCUT2D eigenvalue weighted by Crippen LogP contribution is 2.27. The molecule has 3 rings (SSSR count). The van der Waals surface area contributed by atoms with E-state index < -0.39 is 10.0 Å². The number of sulfonamides is 1. The summed E-state index contributed by atoms with van der Waals surface area (Å²) in [6.07, 6.45) is 2.05. The lowest BCUT2D eigenvalue weighted by molar-refractivity contribution is 0.0229. The summed E-state index contributed by atoms with van der Waals surface area (Å²) in [4.78, 5) is 2.58. The molecule has 8 heteroatoms. The molecule has 0 spiro atoms. The molecule has 1 aromatic carbocycles. The molecule has 128 valence electrons. The zero-order chi connectivity index (χ0) is 16.4. The van der Waals surface area contributed by atoms with E-state index in [1.165, 1.54) is 22.5 Å². The second-order valence-corrected chi connectivity index (χ2v) is 8.61. The van der Waals surface area contributed by atoms with Crippen molar-refractivity contribution in [3.63, 3.8) is 0 Å². The molecule has 0 N–H and O–H groups in total. The largest absolute Gasteiger partial charge is 0.381 e. The average molecular weight is 379 g/mol. The van der Waals surface area contributed by atoms with Gasteiger partial charge in [-0.1, -0.05) is 23.2 Å². The Kier molecular flexibility index (Phi) is 5.50. The van der Waals surface area contributed by atoms with Gasteiger partial charge in [-0.05, 0) is 31.0 Å². The molecule has 0 amide bonds. The van der Waals surface area contributed by atoms with Crippen molar-refractivity contribution >= 4 is 33.2 Å². The summed E-state index contributed by atoms with van der Waals surface area (Å²) < 4.78 is 32.4. The van der Waals surface area contributed by atoms with Crippen LogP contribution in [0.1, 0.15) is 12.8 Å². The average Bonchev–Trinajstić information content (AvgIpc) is 2.58. The van der Waals surface area contributed by atoms with Crippen LogP contribution in [0.5, 0.6) is 0 Å². The van der Waals surface area contributed by atoms with Gasteiger partial charge in [0.25, 0.3) is 0 Å². The van der Waals surface area contributed by atoms with Crippen LogP contribution in [-0.2, 0) is 14.8 Å². The van der Waals surface area contributed by atoms with Gasteiger partial charge >= 0.3 is 0 Å². The maximum absolute atomic E-state index is 12.7. The Morgan fingerprint density at radius 1 is 1.00 bits per heavy atom. The normalized spacial score (nSPS) is 22.3. The fourth-order valence-electron chi connectivity index (χ4n) is 3.15. The third-order valence-corrected chi connectivity index (χ3v) is 7.14. The minimum atomic E-state index is -3.52. The molecule has 2 heterocycles. The monoisotopic (exact) mass is 378 g/mol. The SMILES string of the molecule is O=S(=O)(c1ccc(Cl)c(Cl)c1)N1CCN(C2CCOCC2)CC1. The van der Waals surface area contributed by atoms with Crippen LogP contribution >= 0.6 is 23.2 Å². The lowest BCUT2D eigenvalue weighted by Crippen LogP contribution is -2.52. The lowest BCUT2D eigenvalue weighted by atomic mass is 10.1. The molecule has 2 aliphatic rings. The van der Waals surface area contributed by atoms with Gasteiger partial charge in [-0.2, -0.15) is 4.31 Å². The summed E-state index contributed by atoms with van der Waals surface area (Å²) in [7, 11) is -3.52. The standard InChI is InChI=1S/C15H20Cl2N2O3S/c16-14-2-1-13(11-15(14)17)23(20,21)19-7-5-18(6-8-19)12-3-9-22-10-4-12/h1-2,11-12H,3-10H2. The van der Waals surface area contributed by atoms with E-state index in [4.69, 9.17) is 27.9 Å². The van der Waals surface area contributed by atoms with Gasteiger partial charge in [0, 0.05) is 45.4 Å². The van der Waals surface area contributed by atoms with E-state index in [0.29, 0.717) is 24.2 Å². The Balaban J connectivity index is 1.67. The maximum atomic E-state index is 12.7. The van der Waals surface area contributed by atoms with Gasteiger partial charge in [0.15, 0.2) is 0 Å². The Labute approximate surface area is 147 Å². The molecule has 0 aromatic heterocycles. The first kappa shape index (κ1) is 17.5. The smallest absolute Gasteiger partial charge is 0.243 e. The summed E-state index contributed by atoms with van der Waals surface area (Å²) in [6.45, 7) is 4.11. The van der Waals surface area contributed by atoms with E-state index in [1.807, 2.05) is 0 Å². The number of rotatable bonds is 3. The van der Waals surface area contributed by atoms with Crippen LogP contribution in [0.3, 0.4) is 0 Å². The van der Waals surface area contributed by atoms with Gasteiger partial charge in [0.2, 0.25) is 10.0 Å². The molecule has 2 fully saturated rings. The van der Waals surface area contributed by atoms with Crippen molar-refractivity contribution in [1.82, 2.24) is 9.21 Å². The summed E-state index contributed by atoms with van der Waals surface area (Å²) in [5.41, 5.74) is 0. The molecule has 0 unspecified atom stereocenters. The van der Waals surface area contributed by atoms with Crippen LogP contribution < -0.4 is 0 Å². The first-order valence-corrected chi connectivity index (χ1v) is 9.95. The van der Waals surface area contributed by atoms with Crippen LogP contribution in [0.2, 0.25) is 10.0 Å². The molecule has 0 radical (unpaired) electrons. The Morgan fingerprint density at radius 2 is 1.65 bits per heavy atom. The van der Waals surface area contributed by atoms with Crippen molar-refractivity contribution in [2.24, 2.45) is 0 Å². The number of hydrogen-bond donors (Lipinski definition) is 0. The number of halogens is 2. The Morgan fingerprint density at radius 3 is 2.26 bits per heavy atom. The van der Waals surface area contributed by atoms with Crippen molar-refractivity contribution in [3.05, 3.63) is 28.2 Å². The zero-order valence-electron chi connectivity index (χ0n) is 12.7. The third kappa shape index (κ3) is 3.83. The van der Waals surface area contributed by atoms with Gasteiger partial charge in [-0.3, -0.25) is 4.90 Å². The minimum Gasteiger partial charge on any atom is -0.381 e. The van der Waals surface area contributed by atoms with Crippen molar-refractivity contribution in [1.29, 1.82) is 0 Å². The number of nitrogens with zero attached hydrogens (tertiary/aromatic N) is 2. The summed E-state index contributed by atoms with van der Waals surface area (Å²) in [6, 6.07) is 4.96. The highest BCUT2D eigenvalue weighted by molar-refractivity contribution is 7.89. The van der Waals surface area contributed by atoms with E-state index in [9.17, 15) is 8.42 Å². The maximum Gasteiger partial charge on any atom is 0.243 e. The number of ether oxygens (including phenoxy) is 1. The molecule has 0 saturated carbocycles. The molecule has 5 nitrogen and oxygen atoms in total. The van der Waals surface area contributed by atoms with Crippen LogP contribution in [0, 0.1) is 0 Å². The molecular weight excluding hydrogens is 359 g/mol. The predicted octanol–water partition coefficient (Wildman–Crippen LogP) is 2.48. The summed E-state index contributed by atoms with van der Waals surface area (Å²) >= 11 is 11.8. The van der Waals surface area contributed by atoms with Crippen LogP contribution in [0.25, 0.3) is 0 Å². The fourth-order valence-corrected chi connectivity index (χ4v) is 4.96. The predicted molar refractivity (Wildman–Crippen MR) is 90.6 cm³/mol. The zero-order valence-corrected chi connectivity index (χ0v) is 15.1. The van der Waals surface area contributed by atoms with Crippen molar-refractivity contribution < 1.29 is 13.2 Å². The molecule has 23 heavy (non-hydrogen) atoms. The summed E-state index contributed by atoms with van der Waals surface area (Å²) in [5, 5.41) is 0.614. The molecule has 1 aromatic rings. The van der Waals surface area contributed by atoms with Crippen molar-refractivity contribution in [2.45, 2.75) is 23.8 Å². The van der Waals surface area contributed by atoms with E-state index in [-0.39, 0.29) is 9.92 Å². The second-order valence-electron chi connectivity index (χ2n) is 5.86. The third-order valence-electron chi connectivity index (χ3n) is 4.51.